The quantitative estimate of drug-likeness (QED) is 0.341. The Morgan fingerprint density at radius 2 is 2.17 bits per heavy atom. The largest absolute Gasteiger partial charge is 0.464 e. The van der Waals surface area contributed by atoms with Crippen molar-refractivity contribution in [3.63, 3.8) is 0 Å². The number of rotatable bonds is 7. The minimum atomic E-state index is -0.408. The van der Waals surface area contributed by atoms with E-state index < -0.39 is 11.5 Å². The van der Waals surface area contributed by atoms with E-state index in [4.69, 9.17) is 19.2 Å². The first-order valence-electron chi connectivity index (χ1n) is 16.7. The Kier molecular flexibility index (Phi) is 9.45. The molecule has 2 saturated heterocycles. The number of anilines is 1. The maximum Gasteiger partial charge on any atom is 0.324 e. The summed E-state index contributed by atoms with van der Waals surface area (Å²) in [5.41, 5.74) is 7.38. The van der Waals surface area contributed by atoms with Crippen molar-refractivity contribution >= 4 is 34.5 Å². The normalized spacial score (nSPS) is 25.7. The van der Waals surface area contributed by atoms with Gasteiger partial charge >= 0.3 is 5.97 Å². The van der Waals surface area contributed by atoms with Crippen LogP contribution in [0.4, 0.5) is 10.1 Å². The smallest absolute Gasteiger partial charge is 0.324 e. The van der Waals surface area contributed by atoms with E-state index in [1.54, 1.807) is 13.2 Å². The Morgan fingerprint density at radius 3 is 2.93 bits per heavy atom. The molecule has 11 heteroatoms. The average molecular weight is 637 g/mol. The van der Waals surface area contributed by atoms with E-state index in [0.717, 1.165) is 59.5 Å². The first-order valence-corrected chi connectivity index (χ1v) is 16.7. The molecular formula is C35H49FN6O4. The molecule has 250 valence electrons. The third kappa shape index (κ3) is 6.68. The third-order valence-electron chi connectivity index (χ3n) is 9.62. The van der Waals surface area contributed by atoms with Crippen LogP contribution in [0.2, 0.25) is 0 Å². The Labute approximate surface area is 271 Å². The molecule has 6 rings (SSSR count). The van der Waals surface area contributed by atoms with Gasteiger partial charge in [0, 0.05) is 74.5 Å². The number of halogens is 1. The molecule has 1 aromatic carbocycles. The molecule has 4 aliphatic rings. The summed E-state index contributed by atoms with van der Waals surface area (Å²) in [6.45, 7) is 16.2. The summed E-state index contributed by atoms with van der Waals surface area (Å²) in [4.78, 5) is 20.2. The number of fused-ring (bicyclic) bond motifs is 8. The van der Waals surface area contributed by atoms with Crippen molar-refractivity contribution in [1.29, 1.82) is 0 Å². The zero-order chi connectivity index (χ0) is 32.6. The number of carbonyl (C=O) groups excluding carboxylic acids is 1. The molecule has 0 amide bonds. The molecule has 10 nitrogen and oxygen atoms in total. The van der Waals surface area contributed by atoms with E-state index in [1.807, 2.05) is 24.1 Å². The van der Waals surface area contributed by atoms with E-state index in [0.29, 0.717) is 44.9 Å². The Bertz CT molecular complexity index is 1530. The fraction of sp³-hybridized carbons (Fsp3) is 0.600. The maximum atomic E-state index is 16.1. The van der Waals surface area contributed by atoms with Gasteiger partial charge in [-0.1, -0.05) is 19.9 Å². The first kappa shape index (κ1) is 32.5. The number of esters is 1. The number of aromatic nitrogens is 1. The van der Waals surface area contributed by atoms with Crippen molar-refractivity contribution in [2.24, 2.45) is 10.4 Å². The maximum absolute atomic E-state index is 16.1. The zero-order valence-corrected chi connectivity index (χ0v) is 27.9. The molecule has 2 fully saturated rings. The van der Waals surface area contributed by atoms with Crippen LogP contribution in [0.5, 0.6) is 0 Å². The van der Waals surface area contributed by atoms with Crippen molar-refractivity contribution < 1.29 is 23.4 Å². The summed E-state index contributed by atoms with van der Waals surface area (Å²) in [5.74, 6) is 0.476. The van der Waals surface area contributed by atoms with Gasteiger partial charge in [0.15, 0.2) is 0 Å². The Hall–Kier alpha value is -3.41. The van der Waals surface area contributed by atoms with Crippen LogP contribution in [0.25, 0.3) is 17.0 Å². The number of morpholine rings is 1. The second kappa shape index (κ2) is 13.4. The number of hydrazine groups is 1. The SMILES string of the molecule is C=CCN/C(=C/c1c2c3cc(c(F)cc3n1CC)N1CCOC(CC3N=C3N3CCCC(N3)C(=O)OCC(C)(C)C2)C1)C(C)OC. The summed E-state index contributed by atoms with van der Waals surface area (Å²) in [6, 6.07) is 3.33. The van der Waals surface area contributed by atoms with Crippen molar-refractivity contribution in [2.75, 3.05) is 51.4 Å². The lowest BCUT2D eigenvalue weighted by molar-refractivity contribution is -0.151. The van der Waals surface area contributed by atoms with Crippen LogP contribution in [0.1, 0.15) is 58.2 Å². The van der Waals surface area contributed by atoms with E-state index in [2.05, 4.69) is 53.6 Å². The van der Waals surface area contributed by atoms with E-state index in [-0.39, 0.29) is 36.6 Å². The highest BCUT2D eigenvalue weighted by Crippen LogP contribution is 2.38. The highest BCUT2D eigenvalue weighted by molar-refractivity contribution is 5.98. The van der Waals surface area contributed by atoms with Gasteiger partial charge in [-0.25, -0.2) is 9.82 Å². The highest BCUT2D eigenvalue weighted by atomic mass is 19.1. The van der Waals surface area contributed by atoms with Crippen molar-refractivity contribution in [2.45, 2.75) is 84.2 Å². The number of cyclic esters (lactones) is 1. The van der Waals surface area contributed by atoms with Crippen molar-refractivity contribution in [3.8, 4) is 0 Å². The third-order valence-corrected chi connectivity index (χ3v) is 9.62. The topological polar surface area (TPSA) is 92.6 Å². The number of ether oxygens (including phenoxy) is 3. The first-order chi connectivity index (χ1) is 22.1. The second-order valence-corrected chi connectivity index (χ2v) is 13.7. The molecule has 4 atom stereocenters. The fourth-order valence-electron chi connectivity index (χ4n) is 7.04. The van der Waals surface area contributed by atoms with E-state index in [9.17, 15) is 4.79 Å². The molecule has 2 N–H and O–H groups in total. The predicted molar refractivity (Wildman–Crippen MR) is 179 cm³/mol. The zero-order valence-electron chi connectivity index (χ0n) is 27.9. The standard InChI is InChI=1S/C35H49FN6O4/c1-7-11-37-28(22(3)44-6)18-31-25-19-35(4,5)21-46-34(43)27-10-9-12-42(39-27)33-29(38-33)15-23-20-40(13-14-45-23)32-16-24(25)30(17-26(32)36)41(31)8-2/h7,16-18,22-23,27,29,37,39H,1,8-15,19-21H2,2-6H3/b28-18+. The summed E-state index contributed by atoms with van der Waals surface area (Å²) in [6.07, 6.45) is 6.61. The van der Waals surface area contributed by atoms with Gasteiger partial charge in [0.2, 0.25) is 0 Å². The number of benzene rings is 1. The molecule has 46 heavy (non-hydrogen) atoms. The van der Waals surface area contributed by atoms with Gasteiger partial charge in [0.05, 0.1) is 36.6 Å². The molecule has 1 aromatic heterocycles. The van der Waals surface area contributed by atoms with Gasteiger partial charge in [-0.2, -0.15) is 0 Å². The van der Waals surface area contributed by atoms with E-state index in [1.165, 1.54) is 0 Å². The molecule has 4 aliphatic heterocycles. The van der Waals surface area contributed by atoms with Crippen LogP contribution in [0.15, 0.2) is 35.5 Å². The van der Waals surface area contributed by atoms with Gasteiger partial charge in [0.1, 0.15) is 23.7 Å². The monoisotopic (exact) mass is 636 g/mol. The summed E-state index contributed by atoms with van der Waals surface area (Å²) in [5, 5.41) is 6.46. The lowest BCUT2D eigenvalue weighted by atomic mass is 9.85. The lowest BCUT2D eigenvalue weighted by Gasteiger charge is -2.35. The lowest BCUT2D eigenvalue weighted by Crippen LogP contribution is -2.55. The summed E-state index contributed by atoms with van der Waals surface area (Å²) >= 11 is 0. The number of nitrogens with zero attached hydrogens (tertiary/aromatic N) is 4. The molecule has 5 heterocycles. The number of amidine groups is 1. The summed E-state index contributed by atoms with van der Waals surface area (Å²) in [7, 11) is 1.69. The molecule has 4 unspecified atom stereocenters. The molecular weight excluding hydrogens is 587 g/mol. The number of methoxy groups -OCH3 is 1. The molecule has 6 bridgehead atoms. The number of hydrogen-bond donors (Lipinski definition) is 2. The highest BCUT2D eigenvalue weighted by Gasteiger charge is 2.40. The van der Waals surface area contributed by atoms with Gasteiger partial charge < -0.3 is 29.0 Å². The average Bonchev–Trinajstić information content (AvgIpc) is 3.76. The van der Waals surface area contributed by atoms with Crippen LogP contribution >= 0.6 is 0 Å². The second-order valence-electron chi connectivity index (χ2n) is 13.7. The van der Waals surface area contributed by atoms with Gasteiger partial charge in [-0.05, 0) is 50.8 Å². The van der Waals surface area contributed by atoms with Gasteiger partial charge in [-0.15, -0.1) is 6.58 Å². The van der Waals surface area contributed by atoms with Crippen molar-refractivity contribution in [1.82, 2.24) is 20.3 Å². The van der Waals surface area contributed by atoms with Crippen LogP contribution < -0.4 is 15.6 Å². The summed E-state index contributed by atoms with van der Waals surface area (Å²) < 4.78 is 36.2. The van der Waals surface area contributed by atoms with Gasteiger partial charge in [0.25, 0.3) is 0 Å². The minimum Gasteiger partial charge on any atom is -0.464 e. The number of aryl methyl sites for hydroxylation is 1. The number of aliphatic imine (C=N–C) groups is 1. The fourth-order valence-corrected chi connectivity index (χ4v) is 7.04. The molecule has 2 aromatic rings. The molecule has 0 radical (unpaired) electrons. The number of hydrogen-bond acceptors (Lipinski definition) is 9. The molecule has 0 spiro atoms. The van der Waals surface area contributed by atoms with Gasteiger partial charge in [-0.3, -0.25) is 14.8 Å². The predicted octanol–water partition coefficient (Wildman–Crippen LogP) is 4.42. The Morgan fingerprint density at radius 1 is 1.35 bits per heavy atom. The Balaban J connectivity index is 1.46. The molecule has 0 saturated carbocycles. The molecule has 0 aliphatic carbocycles. The van der Waals surface area contributed by atoms with Crippen LogP contribution in [-0.4, -0.2) is 92.2 Å². The van der Waals surface area contributed by atoms with Crippen LogP contribution in [0.3, 0.4) is 0 Å². The van der Waals surface area contributed by atoms with E-state index >= 15 is 4.39 Å². The van der Waals surface area contributed by atoms with Crippen LogP contribution in [0, 0.1) is 11.2 Å². The number of carbonyl (C=O) groups is 1. The van der Waals surface area contributed by atoms with Crippen LogP contribution in [-0.2, 0) is 32.0 Å². The number of nitrogens with one attached hydrogen (secondary N) is 2. The minimum absolute atomic E-state index is 0.0373. The van der Waals surface area contributed by atoms with Crippen molar-refractivity contribution in [3.05, 3.63) is 47.6 Å².